The molecule has 1 nitrogen and oxygen atoms in total. The molecule has 0 heterocycles. The molecule has 0 atom stereocenters. The molecule has 0 bridgehead atoms. The van der Waals surface area contributed by atoms with E-state index in [1.807, 2.05) is 12.1 Å². The van der Waals surface area contributed by atoms with Crippen LogP contribution in [0.1, 0.15) is 31.4 Å². The first-order valence-electron chi connectivity index (χ1n) is 5.76. The lowest BCUT2D eigenvalue weighted by Gasteiger charge is -2.06. The highest BCUT2D eigenvalue weighted by molar-refractivity contribution is 5.71. The van der Waals surface area contributed by atoms with Gasteiger partial charge < -0.3 is 5.11 Å². The monoisotopic (exact) mass is 224 g/mol. The van der Waals surface area contributed by atoms with Gasteiger partial charge in [0.1, 0.15) is 5.60 Å². The van der Waals surface area contributed by atoms with E-state index in [1.54, 1.807) is 13.8 Å². The zero-order valence-corrected chi connectivity index (χ0v) is 10.2. The van der Waals surface area contributed by atoms with Crippen LogP contribution in [-0.4, -0.2) is 10.7 Å². The summed E-state index contributed by atoms with van der Waals surface area (Å²) in [5.41, 5.74) is 2.58. The maximum Gasteiger partial charge on any atom is 0.120 e. The highest BCUT2D eigenvalue weighted by Gasteiger charge is 2.06. The van der Waals surface area contributed by atoms with Crippen molar-refractivity contribution in [3.05, 3.63) is 53.6 Å². The van der Waals surface area contributed by atoms with Gasteiger partial charge in [-0.05, 0) is 43.5 Å². The summed E-state index contributed by atoms with van der Waals surface area (Å²) in [5.74, 6) is 5.77. The van der Waals surface area contributed by atoms with E-state index in [-0.39, 0.29) is 0 Å². The third-order valence-electron chi connectivity index (χ3n) is 2.54. The van der Waals surface area contributed by atoms with Gasteiger partial charge in [0.25, 0.3) is 0 Å². The van der Waals surface area contributed by atoms with Crippen LogP contribution < -0.4 is 0 Å². The molecule has 1 N–H and O–H groups in total. The number of aliphatic hydroxyl groups is 1. The third-order valence-corrected chi connectivity index (χ3v) is 2.54. The van der Waals surface area contributed by atoms with E-state index in [0.717, 1.165) is 12.0 Å². The number of allylic oxidation sites excluding steroid dienone is 4. The van der Waals surface area contributed by atoms with Crippen molar-refractivity contribution in [1.29, 1.82) is 0 Å². The minimum absolute atomic E-state index is 0.933. The number of rotatable bonds is 1. The first kappa shape index (κ1) is 11.7. The Balaban J connectivity index is 2.15. The molecule has 1 heteroatoms. The summed E-state index contributed by atoms with van der Waals surface area (Å²) in [4.78, 5) is 0. The van der Waals surface area contributed by atoms with Crippen LogP contribution in [0.25, 0.3) is 5.57 Å². The Morgan fingerprint density at radius 1 is 1.18 bits per heavy atom. The maximum absolute atomic E-state index is 9.52. The molecule has 1 aliphatic rings. The van der Waals surface area contributed by atoms with Gasteiger partial charge in [-0.3, -0.25) is 0 Å². The second-order valence-corrected chi connectivity index (χ2v) is 4.71. The predicted molar refractivity (Wildman–Crippen MR) is 71.4 cm³/mol. The van der Waals surface area contributed by atoms with Crippen LogP contribution in [0.3, 0.4) is 0 Å². The topological polar surface area (TPSA) is 20.2 Å². The van der Waals surface area contributed by atoms with Gasteiger partial charge in [-0.15, -0.1) is 0 Å². The second kappa shape index (κ2) is 4.61. The van der Waals surface area contributed by atoms with Crippen molar-refractivity contribution >= 4 is 5.57 Å². The van der Waals surface area contributed by atoms with Crippen LogP contribution in [0.2, 0.25) is 0 Å². The highest BCUT2D eigenvalue weighted by atomic mass is 16.3. The molecule has 0 saturated heterocycles. The molecule has 17 heavy (non-hydrogen) atoms. The molecule has 0 aliphatic heterocycles. The lowest BCUT2D eigenvalue weighted by Crippen LogP contribution is -2.14. The summed E-state index contributed by atoms with van der Waals surface area (Å²) in [6.07, 6.45) is 7.38. The van der Waals surface area contributed by atoms with Gasteiger partial charge in [-0.2, -0.15) is 0 Å². The molecule has 0 aromatic heterocycles. The standard InChI is InChI=1S/C16H16O/c1-16(2,17)12-11-13-7-9-15(10-8-13)14-5-3-4-6-14/h3-5,7-10,17H,6H2,1-2H3. The number of hydrogen-bond acceptors (Lipinski definition) is 1. The minimum atomic E-state index is -0.934. The van der Waals surface area contributed by atoms with Gasteiger partial charge in [0.2, 0.25) is 0 Å². The molecular weight excluding hydrogens is 208 g/mol. The van der Waals surface area contributed by atoms with Crippen molar-refractivity contribution in [2.24, 2.45) is 0 Å². The Labute approximate surface area is 102 Å². The van der Waals surface area contributed by atoms with Crippen molar-refractivity contribution in [1.82, 2.24) is 0 Å². The van der Waals surface area contributed by atoms with Crippen LogP contribution in [0, 0.1) is 11.8 Å². The van der Waals surface area contributed by atoms with Gasteiger partial charge in [0.15, 0.2) is 0 Å². The van der Waals surface area contributed by atoms with Crippen LogP contribution in [-0.2, 0) is 0 Å². The van der Waals surface area contributed by atoms with Gasteiger partial charge in [-0.1, -0.05) is 42.2 Å². The predicted octanol–water partition coefficient (Wildman–Crippen LogP) is 3.15. The van der Waals surface area contributed by atoms with Crippen molar-refractivity contribution < 1.29 is 5.11 Å². The van der Waals surface area contributed by atoms with Crippen molar-refractivity contribution in [2.45, 2.75) is 25.9 Å². The average molecular weight is 224 g/mol. The zero-order chi connectivity index (χ0) is 12.3. The highest BCUT2D eigenvalue weighted by Crippen LogP contribution is 2.23. The van der Waals surface area contributed by atoms with Gasteiger partial charge in [-0.25, -0.2) is 0 Å². The van der Waals surface area contributed by atoms with E-state index in [9.17, 15) is 5.11 Å². The Morgan fingerprint density at radius 2 is 1.88 bits per heavy atom. The SMILES string of the molecule is CC(C)(O)C#Cc1ccc(C2=CC=CC2)cc1. The fourth-order valence-corrected chi connectivity index (χ4v) is 1.65. The Kier molecular flexibility index (Phi) is 3.17. The molecule has 0 spiro atoms. The van der Waals surface area contributed by atoms with Crippen LogP contribution in [0.15, 0.2) is 42.5 Å². The lowest BCUT2D eigenvalue weighted by atomic mass is 10.0. The maximum atomic E-state index is 9.52. The van der Waals surface area contributed by atoms with Crippen molar-refractivity contribution in [2.75, 3.05) is 0 Å². The van der Waals surface area contributed by atoms with Crippen LogP contribution >= 0.6 is 0 Å². The summed E-state index contributed by atoms with van der Waals surface area (Å²) < 4.78 is 0. The molecule has 86 valence electrons. The molecular formula is C16H16O. The van der Waals surface area contributed by atoms with E-state index in [2.05, 4.69) is 42.2 Å². The van der Waals surface area contributed by atoms with Crippen LogP contribution in [0.5, 0.6) is 0 Å². The molecule has 2 rings (SSSR count). The number of hydrogen-bond donors (Lipinski definition) is 1. The third kappa shape index (κ3) is 3.34. The van der Waals surface area contributed by atoms with Gasteiger partial charge >= 0.3 is 0 Å². The summed E-state index contributed by atoms with van der Waals surface area (Å²) in [7, 11) is 0. The van der Waals surface area contributed by atoms with Gasteiger partial charge in [0.05, 0.1) is 0 Å². The smallest absolute Gasteiger partial charge is 0.120 e. The molecule has 0 fully saturated rings. The van der Waals surface area contributed by atoms with Crippen LogP contribution in [0.4, 0.5) is 0 Å². The quantitative estimate of drug-likeness (QED) is 0.726. The minimum Gasteiger partial charge on any atom is -0.378 e. The summed E-state index contributed by atoms with van der Waals surface area (Å²) in [6.45, 7) is 3.37. The molecule has 0 amide bonds. The summed E-state index contributed by atoms with van der Waals surface area (Å²) in [5, 5.41) is 9.52. The Bertz CT molecular complexity index is 513. The normalized spacial score (nSPS) is 14.2. The Morgan fingerprint density at radius 3 is 2.41 bits per heavy atom. The average Bonchev–Trinajstić information content (AvgIpc) is 2.79. The molecule has 0 radical (unpaired) electrons. The second-order valence-electron chi connectivity index (χ2n) is 4.71. The van der Waals surface area contributed by atoms with E-state index in [4.69, 9.17) is 0 Å². The molecule has 1 aromatic rings. The van der Waals surface area contributed by atoms with Crippen molar-refractivity contribution in [3.63, 3.8) is 0 Å². The molecule has 0 unspecified atom stereocenters. The molecule has 1 aliphatic carbocycles. The molecule has 0 saturated carbocycles. The summed E-state index contributed by atoms with van der Waals surface area (Å²) in [6, 6.07) is 8.14. The summed E-state index contributed by atoms with van der Waals surface area (Å²) >= 11 is 0. The lowest BCUT2D eigenvalue weighted by molar-refractivity contribution is 0.143. The number of benzene rings is 1. The van der Waals surface area contributed by atoms with Gasteiger partial charge in [0, 0.05) is 5.56 Å². The fourth-order valence-electron chi connectivity index (χ4n) is 1.65. The van der Waals surface area contributed by atoms with E-state index in [1.165, 1.54) is 11.1 Å². The Hall–Kier alpha value is -1.78. The fraction of sp³-hybridized carbons (Fsp3) is 0.250. The largest absolute Gasteiger partial charge is 0.378 e. The van der Waals surface area contributed by atoms with E-state index in [0.29, 0.717) is 0 Å². The van der Waals surface area contributed by atoms with E-state index >= 15 is 0 Å². The van der Waals surface area contributed by atoms with Crippen molar-refractivity contribution in [3.8, 4) is 11.8 Å². The first-order valence-corrected chi connectivity index (χ1v) is 5.76. The first-order chi connectivity index (χ1) is 8.04. The zero-order valence-electron chi connectivity index (χ0n) is 10.2. The van der Waals surface area contributed by atoms with E-state index < -0.39 is 5.60 Å². The molecule has 1 aromatic carbocycles.